The molecule has 1 aromatic carbocycles. The molecule has 2 aromatic rings. The van der Waals surface area contributed by atoms with E-state index >= 15 is 0 Å². The van der Waals surface area contributed by atoms with Gasteiger partial charge in [-0.3, -0.25) is 4.99 Å². The molecule has 1 aliphatic heterocycles. The summed E-state index contributed by atoms with van der Waals surface area (Å²) in [4.78, 5) is 8.82. The first-order valence-corrected chi connectivity index (χ1v) is 10.1. The van der Waals surface area contributed by atoms with Gasteiger partial charge in [0.2, 0.25) is 0 Å². The Labute approximate surface area is 167 Å². The highest BCUT2D eigenvalue weighted by Crippen LogP contribution is 2.14. The summed E-state index contributed by atoms with van der Waals surface area (Å²) in [5.41, 5.74) is 1.28. The van der Waals surface area contributed by atoms with Gasteiger partial charge in [0, 0.05) is 26.1 Å². The van der Waals surface area contributed by atoms with Crippen LogP contribution in [-0.4, -0.2) is 47.0 Å². The lowest BCUT2D eigenvalue weighted by atomic mass is 10.1. The van der Waals surface area contributed by atoms with Gasteiger partial charge in [-0.2, -0.15) is 5.10 Å². The van der Waals surface area contributed by atoms with Gasteiger partial charge in [0.15, 0.2) is 5.96 Å². The SMILES string of the molecule is CN=C(NCCc1ccc(OCC(C)C)cc1)NC1CCc2nc(C)nn2C1. The van der Waals surface area contributed by atoms with E-state index in [0.717, 1.165) is 62.3 Å². The van der Waals surface area contributed by atoms with Crippen LogP contribution < -0.4 is 15.4 Å². The lowest BCUT2D eigenvalue weighted by Crippen LogP contribution is -2.47. The number of hydrogen-bond donors (Lipinski definition) is 2. The number of fused-ring (bicyclic) bond motifs is 1. The van der Waals surface area contributed by atoms with Gasteiger partial charge in [-0.15, -0.1) is 0 Å². The Hall–Kier alpha value is -2.57. The number of nitrogens with one attached hydrogen (secondary N) is 2. The van der Waals surface area contributed by atoms with E-state index in [2.05, 4.69) is 51.7 Å². The van der Waals surface area contributed by atoms with E-state index in [4.69, 9.17) is 4.74 Å². The molecule has 3 rings (SSSR count). The van der Waals surface area contributed by atoms with Crippen LogP contribution >= 0.6 is 0 Å². The third-order valence-electron chi connectivity index (χ3n) is 4.74. The van der Waals surface area contributed by atoms with Crippen LogP contribution in [0.5, 0.6) is 5.75 Å². The Balaban J connectivity index is 1.42. The third kappa shape index (κ3) is 5.71. The number of aryl methyl sites for hydroxylation is 2. The van der Waals surface area contributed by atoms with Crippen molar-refractivity contribution in [3.8, 4) is 5.75 Å². The molecule has 0 aliphatic carbocycles. The molecule has 0 saturated heterocycles. The molecular weight excluding hydrogens is 352 g/mol. The Morgan fingerprint density at radius 2 is 2.11 bits per heavy atom. The van der Waals surface area contributed by atoms with E-state index in [9.17, 15) is 0 Å². The molecular formula is C21H32N6O. The fraction of sp³-hybridized carbons (Fsp3) is 0.571. The maximum absolute atomic E-state index is 5.74. The molecule has 0 fully saturated rings. The standard InChI is InChI=1S/C21H32N6O/c1-15(2)14-28-19-8-5-17(6-9-19)11-12-23-21(22-4)25-18-7-10-20-24-16(3)26-27(20)13-18/h5-6,8-9,15,18H,7,10-14H2,1-4H3,(H2,22,23,25). The van der Waals surface area contributed by atoms with Gasteiger partial charge in [0.25, 0.3) is 0 Å². The number of guanidine groups is 1. The Morgan fingerprint density at radius 3 is 2.82 bits per heavy atom. The lowest BCUT2D eigenvalue weighted by molar-refractivity contribution is 0.271. The predicted octanol–water partition coefficient (Wildman–Crippen LogP) is 2.34. The molecule has 0 spiro atoms. The van der Waals surface area contributed by atoms with Crippen LogP contribution in [0.3, 0.4) is 0 Å². The number of rotatable bonds is 7. The fourth-order valence-electron chi connectivity index (χ4n) is 3.28. The smallest absolute Gasteiger partial charge is 0.191 e. The van der Waals surface area contributed by atoms with Gasteiger partial charge >= 0.3 is 0 Å². The van der Waals surface area contributed by atoms with Crippen LogP contribution in [0.25, 0.3) is 0 Å². The summed E-state index contributed by atoms with van der Waals surface area (Å²) >= 11 is 0. The average Bonchev–Trinajstić information content (AvgIpc) is 3.05. The van der Waals surface area contributed by atoms with Crippen LogP contribution in [0, 0.1) is 12.8 Å². The van der Waals surface area contributed by atoms with E-state index in [1.807, 2.05) is 30.8 Å². The Morgan fingerprint density at radius 1 is 1.32 bits per heavy atom. The lowest BCUT2D eigenvalue weighted by Gasteiger charge is -2.25. The zero-order valence-electron chi connectivity index (χ0n) is 17.4. The van der Waals surface area contributed by atoms with Crippen LogP contribution in [-0.2, 0) is 19.4 Å². The highest BCUT2D eigenvalue weighted by molar-refractivity contribution is 5.79. The molecule has 28 heavy (non-hydrogen) atoms. The molecule has 0 amide bonds. The van der Waals surface area contributed by atoms with Crippen molar-refractivity contribution in [3.05, 3.63) is 41.5 Å². The topological polar surface area (TPSA) is 76.4 Å². The summed E-state index contributed by atoms with van der Waals surface area (Å²) in [5.74, 6) is 4.23. The number of aliphatic imine (C=N–C) groups is 1. The molecule has 0 bridgehead atoms. The highest BCUT2D eigenvalue weighted by Gasteiger charge is 2.21. The Kier molecular flexibility index (Phi) is 6.90. The fourth-order valence-corrected chi connectivity index (χ4v) is 3.28. The number of nitrogens with zero attached hydrogens (tertiary/aromatic N) is 4. The normalized spacial score (nSPS) is 16.8. The highest BCUT2D eigenvalue weighted by atomic mass is 16.5. The van der Waals surface area contributed by atoms with Gasteiger partial charge in [-0.1, -0.05) is 26.0 Å². The van der Waals surface area contributed by atoms with E-state index in [1.54, 1.807) is 0 Å². The first-order valence-electron chi connectivity index (χ1n) is 10.1. The quantitative estimate of drug-likeness (QED) is 0.566. The van der Waals surface area contributed by atoms with Crippen molar-refractivity contribution >= 4 is 5.96 Å². The minimum Gasteiger partial charge on any atom is -0.493 e. The van der Waals surface area contributed by atoms with E-state index in [-0.39, 0.29) is 0 Å². The predicted molar refractivity (Wildman–Crippen MR) is 112 cm³/mol. The third-order valence-corrected chi connectivity index (χ3v) is 4.74. The van der Waals surface area contributed by atoms with Crippen molar-refractivity contribution < 1.29 is 4.74 Å². The van der Waals surface area contributed by atoms with Crippen molar-refractivity contribution in [1.29, 1.82) is 0 Å². The van der Waals surface area contributed by atoms with Crippen LogP contribution in [0.1, 0.15) is 37.5 Å². The summed E-state index contributed by atoms with van der Waals surface area (Å²) in [6.07, 6.45) is 2.92. The van der Waals surface area contributed by atoms with Crippen molar-refractivity contribution in [2.24, 2.45) is 10.9 Å². The molecule has 1 unspecified atom stereocenters. The monoisotopic (exact) mass is 384 g/mol. The second-order valence-corrected chi connectivity index (χ2v) is 7.74. The molecule has 2 N–H and O–H groups in total. The summed E-state index contributed by atoms with van der Waals surface area (Å²) in [6.45, 7) is 8.65. The summed E-state index contributed by atoms with van der Waals surface area (Å²) in [7, 11) is 1.81. The molecule has 1 aromatic heterocycles. The van der Waals surface area contributed by atoms with E-state index in [0.29, 0.717) is 12.0 Å². The van der Waals surface area contributed by atoms with E-state index in [1.165, 1.54) is 5.56 Å². The first kappa shape index (κ1) is 20.2. The Bertz CT molecular complexity index is 781. The summed E-state index contributed by atoms with van der Waals surface area (Å²) < 4.78 is 7.74. The van der Waals surface area contributed by atoms with Crippen LogP contribution in [0.4, 0.5) is 0 Å². The number of aromatic nitrogens is 3. The molecule has 1 aliphatic rings. The molecule has 1 atom stereocenters. The van der Waals surface area contributed by atoms with Gasteiger partial charge in [-0.25, -0.2) is 9.67 Å². The largest absolute Gasteiger partial charge is 0.493 e. The van der Waals surface area contributed by atoms with Crippen molar-refractivity contribution in [3.63, 3.8) is 0 Å². The first-order chi connectivity index (χ1) is 13.5. The molecule has 152 valence electrons. The van der Waals surface area contributed by atoms with Gasteiger partial charge in [-0.05, 0) is 43.4 Å². The molecule has 0 radical (unpaired) electrons. The molecule has 0 saturated carbocycles. The maximum Gasteiger partial charge on any atom is 0.191 e. The summed E-state index contributed by atoms with van der Waals surface area (Å²) in [6, 6.07) is 8.67. The number of ether oxygens (including phenoxy) is 1. The number of benzene rings is 1. The minimum atomic E-state index is 0.317. The van der Waals surface area contributed by atoms with Crippen molar-refractivity contribution in [2.45, 2.75) is 52.6 Å². The molecule has 2 heterocycles. The van der Waals surface area contributed by atoms with Gasteiger partial charge in [0.1, 0.15) is 17.4 Å². The minimum absolute atomic E-state index is 0.317. The van der Waals surface area contributed by atoms with Crippen molar-refractivity contribution in [1.82, 2.24) is 25.4 Å². The second kappa shape index (κ2) is 9.57. The second-order valence-electron chi connectivity index (χ2n) is 7.74. The molecule has 7 heteroatoms. The molecule has 7 nitrogen and oxygen atoms in total. The van der Waals surface area contributed by atoms with Crippen LogP contribution in [0.15, 0.2) is 29.3 Å². The maximum atomic E-state index is 5.74. The number of hydrogen-bond acceptors (Lipinski definition) is 4. The van der Waals surface area contributed by atoms with Crippen molar-refractivity contribution in [2.75, 3.05) is 20.2 Å². The zero-order valence-corrected chi connectivity index (χ0v) is 17.4. The van der Waals surface area contributed by atoms with E-state index < -0.39 is 0 Å². The summed E-state index contributed by atoms with van der Waals surface area (Å²) in [5, 5.41) is 11.4. The zero-order chi connectivity index (χ0) is 19.9. The average molecular weight is 385 g/mol. The van der Waals surface area contributed by atoms with Gasteiger partial charge in [0.05, 0.1) is 13.2 Å². The van der Waals surface area contributed by atoms with Gasteiger partial charge < -0.3 is 15.4 Å². The van der Waals surface area contributed by atoms with Crippen LogP contribution in [0.2, 0.25) is 0 Å².